The van der Waals surface area contributed by atoms with Gasteiger partial charge in [0, 0.05) is 12.0 Å². The molecule has 110 valence electrons. The lowest BCUT2D eigenvalue weighted by molar-refractivity contribution is 0.382. The maximum Gasteiger partial charge on any atom is 0.212 e. The highest BCUT2D eigenvalue weighted by Gasteiger charge is 2.33. The number of nitrogens with one attached hydrogen (secondary N) is 2. The number of rotatable bonds is 5. The van der Waals surface area contributed by atoms with E-state index < -0.39 is 10.0 Å². The van der Waals surface area contributed by atoms with Crippen LogP contribution < -0.4 is 10.5 Å². The molecule has 0 spiro atoms. The molecule has 0 aromatic heterocycles. The monoisotopic (exact) mass is 287 g/mol. The van der Waals surface area contributed by atoms with Crippen LogP contribution in [0, 0.1) is 17.2 Å². The zero-order valence-corrected chi connectivity index (χ0v) is 12.2. The van der Waals surface area contributed by atoms with Crippen molar-refractivity contribution in [1.82, 2.24) is 4.72 Å². The van der Waals surface area contributed by atoms with Crippen LogP contribution in [0.1, 0.15) is 51.4 Å². The van der Waals surface area contributed by atoms with Crippen LogP contribution in [0.4, 0.5) is 0 Å². The molecule has 5 nitrogen and oxygen atoms in total. The molecule has 19 heavy (non-hydrogen) atoms. The third-order valence-corrected chi connectivity index (χ3v) is 6.00. The van der Waals surface area contributed by atoms with Crippen LogP contribution in [0.15, 0.2) is 0 Å². The molecule has 2 aliphatic rings. The molecule has 2 saturated carbocycles. The van der Waals surface area contributed by atoms with Crippen molar-refractivity contribution >= 4 is 15.9 Å². The zero-order chi connectivity index (χ0) is 13.9. The van der Waals surface area contributed by atoms with E-state index in [1.165, 1.54) is 6.42 Å². The molecule has 6 heteroatoms. The summed E-state index contributed by atoms with van der Waals surface area (Å²) in [6.07, 6.45) is 8.17. The normalized spacial score (nSPS) is 29.5. The van der Waals surface area contributed by atoms with Crippen molar-refractivity contribution in [3.63, 3.8) is 0 Å². The maximum absolute atomic E-state index is 12.2. The van der Waals surface area contributed by atoms with Crippen LogP contribution in [0.2, 0.25) is 0 Å². The van der Waals surface area contributed by atoms with Gasteiger partial charge in [0.15, 0.2) is 0 Å². The Morgan fingerprint density at radius 3 is 2.42 bits per heavy atom. The predicted molar refractivity (Wildman–Crippen MR) is 76.5 cm³/mol. The van der Waals surface area contributed by atoms with Gasteiger partial charge in [0.05, 0.1) is 11.6 Å². The molecular formula is C13H25N3O2S. The summed E-state index contributed by atoms with van der Waals surface area (Å²) in [5, 5.41) is 7.53. The first-order valence-corrected chi connectivity index (χ1v) is 8.97. The number of nitrogens with two attached hydrogens (primary N) is 1. The predicted octanol–water partition coefficient (Wildman–Crippen LogP) is 1.59. The molecule has 2 unspecified atom stereocenters. The van der Waals surface area contributed by atoms with E-state index in [1.54, 1.807) is 0 Å². The van der Waals surface area contributed by atoms with Crippen LogP contribution >= 0.6 is 0 Å². The highest BCUT2D eigenvalue weighted by atomic mass is 32.2. The minimum absolute atomic E-state index is 0.110. The van der Waals surface area contributed by atoms with Gasteiger partial charge in [-0.25, -0.2) is 13.1 Å². The maximum atomic E-state index is 12.2. The summed E-state index contributed by atoms with van der Waals surface area (Å²) in [6.45, 7) is 0. The second-order valence-corrected chi connectivity index (χ2v) is 7.80. The Morgan fingerprint density at radius 1 is 1.11 bits per heavy atom. The lowest BCUT2D eigenvalue weighted by atomic mass is 9.91. The lowest BCUT2D eigenvalue weighted by Gasteiger charge is -2.24. The van der Waals surface area contributed by atoms with Crippen LogP contribution in [0.25, 0.3) is 0 Å². The number of amidine groups is 1. The summed E-state index contributed by atoms with van der Waals surface area (Å²) in [7, 11) is -3.23. The van der Waals surface area contributed by atoms with E-state index in [-0.39, 0.29) is 23.5 Å². The summed E-state index contributed by atoms with van der Waals surface area (Å²) in [5.74, 6) is 0.557. The third-order valence-electron chi connectivity index (χ3n) is 4.43. The molecule has 2 fully saturated rings. The van der Waals surface area contributed by atoms with Crippen LogP contribution in [0.5, 0.6) is 0 Å². The molecule has 0 bridgehead atoms. The second-order valence-electron chi connectivity index (χ2n) is 6.00. The standard InChI is InChI=1S/C13H25N3O2S/c14-13(15)11-7-4-8-12(11)16-19(17,18)9-10-5-2-1-3-6-10/h10-12,16H,1-9H2,(H3,14,15). The highest BCUT2D eigenvalue weighted by Crippen LogP contribution is 2.28. The highest BCUT2D eigenvalue weighted by molar-refractivity contribution is 7.89. The van der Waals surface area contributed by atoms with Crippen molar-refractivity contribution < 1.29 is 8.42 Å². The summed E-state index contributed by atoms with van der Waals surface area (Å²) in [6, 6.07) is -0.161. The molecule has 0 amide bonds. The van der Waals surface area contributed by atoms with Crippen LogP contribution in [-0.2, 0) is 10.0 Å². The van der Waals surface area contributed by atoms with E-state index in [1.807, 2.05) is 0 Å². The van der Waals surface area contributed by atoms with E-state index in [4.69, 9.17) is 11.1 Å². The SMILES string of the molecule is N=C(N)C1CCCC1NS(=O)(=O)CC1CCCCC1. The Kier molecular flexibility index (Phi) is 4.84. The van der Waals surface area contributed by atoms with Gasteiger partial charge in [0.25, 0.3) is 0 Å². The van der Waals surface area contributed by atoms with Crippen molar-refractivity contribution in [2.24, 2.45) is 17.6 Å². The first-order valence-electron chi connectivity index (χ1n) is 7.32. The van der Waals surface area contributed by atoms with Gasteiger partial charge in [-0.05, 0) is 31.6 Å². The number of hydrogen-bond acceptors (Lipinski definition) is 3. The van der Waals surface area contributed by atoms with E-state index in [9.17, 15) is 8.42 Å². The first-order chi connectivity index (χ1) is 8.98. The zero-order valence-electron chi connectivity index (χ0n) is 11.4. The van der Waals surface area contributed by atoms with Crippen LogP contribution in [-0.4, -0.2) is 26.0 Å². The fraction of sp³-hybridized carbons (Fsp3) is 0.923. The summed E-state index contributed by atoms with van der Waals surface area (Å²) < 4.78 is 27.2. The van der Waals surface area contributed by atoms with Gasteiger partial charge in [-0.15, -0.1) is 0 Å². The Hall–Kier alpha value is -0.620. The van der Waals surface area contributed by atoms with Gasteiger partial charge in [0.2, 0.25) is 10.0 Å². The van der Waals surface area contributed by atoms with Gasteiger partial charge in [-0.1, -0.05) is 25.7 Å². The van der Waals surface area contributed by atoms with E-state index >= 15 is 0 Å². The van der Waals surface area contributed by atoms with Gasteiger partial charge in [0.1, 0.15) is 0 Å². The average Bonchev–Trinajstić information content (AvgIpc) is 2.77. The summed E-state index contributed by atoms with van der Waals surface area (Å²) in [4.78, 5) is 0. The summed E-state index contributed by atoms with van der Waals surface area (Å²) >= 11 is 0. The Labute approximate surface area is 115 Å². The largest absolute Gasteiger partial charge is 0.387 e. The minimum atomic E-state index is -3.23. The molecule has 2 aliphatic carbocycles. The van der Waals surface area contributed by atoms with Crippen molar-refractivity contribution in [1.29, 1.82) is 5.41 Å². The van der Waals surface area contributed by atoms with Gasteiger partial charge >= 0.3 is 0 Å². The Balaban J connectivity index is 1.91. The van der Waals surface area contributed by atoms with Crippen molar-refractivity contribution in [2.45, 2.75) is 57.4 Å². The Morgan fingerprint density at radius 2 is 1.79 bits per heavy atom. The van der Waals surface area contributed by atoms with Gasteiger partial charge < -0.3 is 5.73 Å². The van der Waals surface area contributed by atoms with Crippen LogP contribution in [0.3, 0.4) is 0 Å². The lowest BCUT2D eigenvalue weighted by Crippen LogP contribution is -2.43. The van der Waals surface area contributed by atoms with Gasteiger partial charge in [-0.3, -0.25) is 5.41 Å². The molecule has 4 N–H and O–H groups in total. The molecule has 0 radical (unpaired) electrons. The molecule has 0 heterocycles. The van der Waals surface area contributed by atoms with E-state index in [0.717, 1.165) is 44.9 Å². The number of hydrogen-bond donors (Lipinski definition) is 3. The molecular weight excluding hydrogens is 262 g/mol. The molecule has 0 aromatic carbocycles. The van der Waals surface area contributed by atoms with E-state index in [0.29, 0.717) is 5.92 Å². The van der Waals surface area contributed by atoms with Gasteiger partial charge in [-0.2, -0.15) is 0 Å². The van der Waals surface area contributed by atoms with E-state index in [2.05, 4.69) is 4.72 Å². The second kappa shape index (κ2) is 6.22. The Bertz CT molecular complexity index is 416. The van der Waals surface area contributed by atoms with Crippen molar-refractivity contribution in [2.75, 3.05) is 5.75 Å². The molecule has 2 rings (SSSR count). The molecule has 0 saturated heterocycles. The van der Waals surface area contributed by atoms with Crippen molar-refractivity contribution in [3.05, 3.63) is 0 Å². The quantitative estimate of drug-likeness (QED) is 0.529. The summed E-state index contributed by atoms with van der Waals surface area (Å²) in [5.41, 5.74) is 5.54. The fourth-order valence-electron chi connectivity index (χ4n) is 3.42. The average molecular weight is 287 g/mol. The fourth-order valence-corrected chi connectivity index (χ4v) is 5.21. The van der Waals surface area contributed by atoms with Crippen molar-refractivity contribution in [3.8, 4) is 0 Å². The number of sulfonamides is 1. The smallest absolute Gasteiger partial charge is 0.212 e. The first kappa shape index (κ1) is 14.8. The minimum Gasteiger partial charge on any atom is -0.387 e. The topological polar surface area (TPSA) is 96.0 Å². The third kappa shape index (κ3) is 4.18. The molecule has 2 atom stereocenters. The molecule has 0 aliphatic heterocycles. The molecule has 0 aromatic rings.